The van der Waals surface area contributed by atoms with Crippen LogP contribution in [0.2, 0.25) is 0 Å². The van der Waals surface area contributed by atoms with Crippen molar-refractivity contribution < 1.29 is 17.9 Å². The molecule has 0 aliphatic heterocycles. The van der Waals surface area contributed by atoms with Crippen LogP contribution in [0, 0.1) is 11.3 Å². The lowest BCUT2D eigenvalue weighted by Gasteiger charge is -2.16. The molecular weight excluding hydrogens is 396 g/mol. The summed E-state index contributed by atoms with van der Waals surface area (Å²) in [5.41, 5.74) is 0.352. The number of benzene rings is 2. The van der Waals surface area contributed by atoms with Crippen molar-refractivity contribution in [2.24, 2.45) is 0 Å². The van der Waals surface area contributed by atoms with Gasteiger partial charge >= 0.3 is 5.97 Å². The number of nitrogens with zero attached hydrogens (tertiary/aromatic N) is 2. The molecule has 0 aliphatic carbocycles. The number of hydrogen-bond donors (Lipinski definition) is 0. The number of carbonyl (C=O) groups excluding carboxylic acids is 1. The van der Waals surface area contributed by atoms with Crippen molar-refractivity contribution in [3.8, 4) is 11.8 Å². The lowest BCUT2D eigenvalue weighted by molar-refractivity contribution is -0.134. The quantitative estimate of drug-likeness (QED) is 0.560. The number of likely N-dealkylation sites (N-methyl/N-ethyl adjacent to an activating group) is 1. The van der Waals surface area contributed by atoms with Gasteiger partial charge in [0.25, 0.3) is 0 Å². The summed E-state index contributed by atoms with van der Waals surface area (Å²) in [5.74, 6) is -0.395. The first-order valence-electron chi connectivity index (χ1n) is 6.76. The van der Waals surface area contributed by atoms with E-state index < -0.39 is 22.5 Å². The fourth-order valence-corrected chi connectivity index (χ4v) is 3.31. The number of para-hydroxylation sites is 1. The summed E-state index contributed by atoms with van der Waals surface area (Å²) in [4.78, 5) is 12.0. The summed E-state index contributed by atoms with van der Waals surface area (Å²) >= 11 is 3.25. The van der Waals surface area contributed by atoms with Crippen molar-refractivity contribution in [3.05, 3.63) is 58.6 Å². The van der Waals surface area contributed by atoms with E-state index in [0.717, 1.165) is 4.31 Å². The molecule has 0 N–H and O–H groups in total. The number of halogens is 1. The van der Waals surface area contributed by atoms with Crippen molar-refractivity contribution in [2.45, 2.75) is 4.90 Å². The molecule has 0 heterocycles. The highest BCUT2D eigenvalue weighted by Crippen LogP contribution is 2.24. The molecule has 0 fully saturated rings. The van der Waals surface area contributed by atoms with Gasteiger partial charge in [0.2, 0.25) is 10.0 Å². The van der Waals surface area contributed by atoms with E-state index in [1.165, 1.54) is 31.3 Å². The minimum absolute atomic E-state index is 0.00214. The Morgan fingerprint density at radius 2 is 1.83 bits per heavy atom. The molecule has 24 heavy (non-hydrogen) atoms. The SMILES string of the molecule is CN(CC(=O)Oc1ccccc1Br)S(=O)(=O)c1ccc(C#N)cc1. The van der Waals surface area contributed by atoms with Gasteiger partial charge in [-0.25, -0.2) is 8.42 Å². The molecule has 124 valence electrons. The Kier molecular flexibility index (Phi) is 5.72. The lowest BCUT2D eigenvalue weighted by Crippen LogP contribution is -2.34. The number of nitriles is 1. The molecule has 0 saturated carbocycles. The Hall–Kier alpha value is -2.21. The second-order valence-corrected chi connectivity index (χ2v) is 7.70. The van der Waals surface area contributed by atoms with Gasteiger partial charge in [-0.3, -0.25) is 4.79 Å². The Balaban J connectivity index is 2.10. The number of esters is 1. The summed E-state index contributed by atoms with van der Waals surface area (Å²) < 4.78 is 31.5. The topological polar surface area (TPSA) is 87.5 Å². The monoisotopic (exact) mass is 408 g/mol. The normalized spacial score (nSPS) is 11.1. The Morgan fingerprint density at radius 3 is 2.42 bits per heavy atom. The van der Waals surface area contributed by atoms with Gasteiger partial charge in [0.1, 0.15) is 12.3 Å². The number of ether oxygens (including phenoxy) is 1. The smallest absolute Gasteiger partial charge is 0.326 e. The summed E-state index contributed by atoms with van der Waals surface area (Å²) in [7, 11) is -2.56. The van der Waals surface area contributed by atoms with Crippen molar-refractivity contribution >= 4 is 31.9 Å². The zero-order chi connectivity index (χ0) is 17.7. The maximum absolute atomic E-state index is 12.4. The van der Waals surface area contributed by atoms with Crippen LogP contribution in [-0.2, 0) is 14.8 Å². The van der Waals surface area contributed by atoms with Gasteiger partial charge in [-0.2, -0.15) is 9.57 Å². The molecular formula is C16H13BrN2O4S. The number of rotatable bonds is 5. The fraction of sp³-hybridized carbons (Fsp3) is 0.125. The number of sulfonamides is 1. The van der Waals surface area contributed by atoms with Crippen molar-refractivity contribution in [3.63, 3.8) is 0 Å². The molecule has 0 amide bonds. The van der Waals surface area contributed by atoms with Crippen LogP contribution in [0.5, 0.6) is 5.75 Å². The van der Waals surface area contributed by atoms with E-state index in [2.05, 4.69) is 15.9 Å². The van der Waals surface area contributed by atoms with Crippen LogP contribution in [0.4, 0.5) is 0 Å². The molecule has 8 heteroatoms. The van der Waals surface area contributed by atoms with Crippen LogP contribution < -0.4 is 4.74 Å². The van der Waals surface area contributed by atoms with Crippen LogP contribution in [0.25, 0.3) is 0 Å². The second kappa shape index (κ2) is 7.57. The number of carbonyl (C=O) groups is 1. The van der Waals surface area contributed by atoms with E-state index in [4.69, 9.17) is 10.00 Å². The molecule has 6 nitrogen and oxygen atoms in total. The summed E-state index contributed by atoms with van der Waals surface area (Å²) in [6.45, 7) is -0.441. The molecule has 2 rings (SSSR count). The highest BCUT2D eigenvalue weighted by molar-refractivity contribution is 9.10. The second-order valence-electron chi connectivity index (χ2n) is 4.80. The summed E-state index contributed by atoms with van der Waals surface area (Å²) in [6, 6.07) is 14.1. The summed E-state index contributed by atoms with van der Waals surface area (Å²) in [5, 5.41) is 8.75. The Bertz CT molecular complexity index is 889. The average molecular weight is 409 g/mol. The van der Waals surface area contributed by atoms with Crippen LogP contribution >= 0.6 is 15.9 Å². The third-order valence-corrected chi connectivity index (χ3v) is 5.58. The van der Waals surface area contributed by atoms with Gasteiger partial charge in [0.15, 0.2) is 0 Å². The maximum Gasteiger partial charge on any atom is 0.326 e. The van der Waals surface area contributed by atoms with Crippen molar-refractivity contribution in [2.75, 3.05) is 13.6 Å². The third-order valence-electron chi connectivity index (χ3n) is 3.10. The zero-order valence-corrected chi connectivity index (χ0v) is 15.0. The van der Waals surface area contributed by atoms with E-state index in [1.54, 1.807) is 24.3 Å². The highest BCUT2D eigenvalue weighted by atomic mass is 79.9. The number of hydrogen-bond acceptors (Lipinski definition) is 5. The third kappa shape index (κ3) is 4.20. The van der Waals surface area contributed by atoms with E-state index in [1.807, 2.05) is 6.07 Å². The fourth-order valence-electron chi connectivity index (χ4n) is 1.83. The van der Waals surface area contributed by atoms with Crippen molar-refractivity contribution in [1.29, 1.82) is 5.26 Å². The predicted octanol–water partition coefficient (Wildman–Crippen LogP) is 2.55. The van der Waals surface area contributed by atoms with Gasteiger partial charge in [-0.15, -0.1) is 0 Å². The first-order chi connectivity index (χ1) is 11.3. The van der Waals surface area contributed by atoms with Crippen LogP contribution in [0.1, 0.15) is 5.56 Å². The van der Waals surface area contributed by atoms with Gasteiger partial charge in [-0.05, 0) is 52.3 Å². The van der Waals surface area contributed by atoms with E-state index in [-0.39, 0.29) is 4.90 Å². The Morgan fingerprint density at radius 1 is 1.21 bits per heavy atom. The van der Waals surface area contributed by atoms with Gasteiger partial charge in [0, 0.05) is 7.05 Å². The minimum Gasteiger partial charge on any atom is -0.424 e. The molecule has 0 unspecified atom stereocenters. The van der Waals surface area contributed by atoms with Crippen molar-refractivity contribution in [1.82, 2.24) is 4.31 Å². The molecule has 0 spiro atoms. The molecule has 0 aromatic heterocycles. The molecule has 2 aromatic rings. The largest absolute Gasteiger partial charge is 0.424 e. The maximum atomic E-state index is 12.4. The molecule has 0 aliphatic rings. The average Bonchev–Trinajstić information content (AvgIpc) is 2.57. The van der Waals surface area contributed by atoms with Gasteiger partial charge in [0.05, 0.1) is 21.0 Å². The molecule has 0 saturated heterocycles. The van der Waals surface area contributed by atoms with Gasteiger partial charge in [-0.1, -0.05) is 12.1 Å². The minimum atomic E-state index is -3.85. The molecule has 0 bridgehead atoms. The van der Waals surface area contributed by atoms with E-state index >= 15 is 0 Å². The predicted molar refractivity (Wildman–Crippen MR) is 90.7 cm³/mol. The molecule has 2 aromatic carbocycles. The van der Waals surface area contributed by atoms with Gasteiger partial charge < -0.3 is 4.74 Å². The lowest BCUT2D eigenvalue weighted by atomic mass is 10.2. The van der Waals surface area contributed by atoms with E-state index in [0.29, 0.717) is 15.8 Å². The standard InChI is InChI=1S/C16H13BrN2O4S/c1-19(11-16(20)23-15-5-3-2-4-14(15)17)24(21,22)13-8-6-12(10-18)7-9-13/h2-9H,11H2,1H3. The first kappa shape index (κ1) is 18.1. The Labute approximate surface area is 148 Å². The summed E-state index contributed by atoms with van der Waals surface area (Å²) in [6.07, 6.45) is 0. The molecule has 0 radical (unpaired) electrons. The van der Waals surface area contributed by atoms with Crippen LogP contribution in [0.3, 0.4) is 0 Å². The van der Waals surface area contributed by atoms with E-state index in [9.17, 15) is 13.2 Å². The zero-order valence-electron chi connectivity index (χ0n) is 12.6. The first-order valence-corrected chi connectivity index (χ1v) is 8.99. The van der Waals surface area contributed by atoms with Crippen LogP contribution in [0.15, 0.2) is 57.9 Å². The highest BCUT2D eigenvalue weighted by Gasteiger charge is 2.24. The molecule has 0 atom stereocenters. The van der Waals surface area contributed by atoms with Crippen LogP contribution in [-0.4, -0.2) is 32.3 Å².